The van der Waals surface area contributed by atoms with Gasteiger partial charge in [0.05, 0.1) is 12.5 Å². The quantitative estimate of drug-likeness (QED) is 0.500. The van der Waals surface area contributed by atoms with Crippen LogP contribution in [0, 0.1) is 5.82 Å². The van der Waals surface area contributed by atoms with Gasteiger partial charge in [-0.05, 0) is 50.1 Å². The van der Waals surface area contributed by atoms with Crippen LogP contribution in [-0.4, -0.2) is 60.7 Å². The first-order chi connectivity index (χ1) is 16.1. The summed E-state index contributed by atoms with van der Waals surface area (Å²) < 4.78 is 19.0. The summed E-state index contributed by atoms with van der Waals surface area (Å²) in [5.41, 5.74) is 1.76. The normalized spacial score (nSPS) is 16.5. The largest absolute Gasteiger partial charge is 0.375 e. The Labute approximate surface area is 193 Å². The maximum absolute atomic E-state index is 13.5. The molecule has 0 spiro atoms. The average molecular weight is 452 g/mol. The molecule has 1 fully saturated rings. The summed E-state index contributed by atoms with van der Waals surface area (Å²) in [6.07, 6.45) is 2.76. The van der Waals surface area contributed by atoms with E-state index in [0.29, 0.717) is 36.9 Å². The second kappa shape index (κ2) is 11.0. The number of likely N-dealkylation sites (tertiary alicyclic amines) is 1. The molecule has 174 valence electrons. The first kappa shape index (κ1) is 22.9. The molecule has 33 heavy (non-hydrogen) atoms. The summed E-state index contributed by atoms with van der Waals surface area (Å²) in [5.74, 6) is 0.702. The van der Waals surface area contributed by atoms with Gasteiger partial charge in [-0.1, -0.05) is 35.5 Å². The Morgan fingerprint density at radius 1 is 1.24 bits per heavy atom. The van der Waals surface area contributed by atoms with Gasteiger partial charge in [0.15, 0.2) is 0 Å². The van der Waals surface area contributed by atoms with Crippen molar-refractivity contribution in [1.29, 1.82) is 0 Å². The third kappa shape index (κ3) is 6.38. The molecule has 2 heterocycles. The zero-order valence-corrected chi connectivity index (χ0v) is 18.9. The van der Waals surface area contributed by atoms with Crippen LogP contribution in [0.2, 0.25) is 0 Å². The lowest BCUT2D eigenvalue weighted by Crippen LogP contribution is -2.42. The van der Waals surface area contributed by atoms with Crippen LogP contribution in [-0.2, 0) is 4.79 Å². The van der Waals surface area contributed by atoms with Crippen molar-refractivity contribution in [3.05, 3.63) is 66.3 Å². The Bertz CT molecular complexity index is 1040. The molecular formula is C25H30FN5O2. The number of aromatic nitrogens is 2. The third-order valence-corrected chi connectivity index (χ3v) is 5.94. The number of nitrogens with one attached hydrogen (secondary N) is 1. The van der Waals surface area contributed by atoms with Gasteiger partial charge in [-0.2, -0.15) is 4.98 Å². The highest BCUT2D eigenvalue weighted by Crippen LogP contribution is 2.27. The van der Waals surface area contributed by atoms with Crippen LogP contribution < -0.4 is 10.2 Å². The number of halogens is 1. The van der Waals surface area contributed by atoms with E-state index in [0.717, 1.165) is 32.4 Å². The predicted molar refractivity (Wildman–Crippen MR) is 125 cm³/mol. The van der Waals surface area contributed by atoms with Gasteiger partial charge in [-0.25, -0.2) is 4.39 Å². The van der Waals surface area contributed by atoms with E-state index in [9.17, 15) is 9.18 Å². The number of carbonyl (C=O) groups excluding carboxylic acids is 1. The number of benzene rings is 2. The summed E-state index contributed by atoms with van der Waals surface area (Å²) in [7, 11) is 2.06. The minimum absolute atomic E-state index is 0.0315. The molecule has 8 heteroatoms. The molecule has 1 atom stereocenters. The molecule has 1 aliphatic heterocycles. The fraction of sp³-hybridized carbons (Fsp3) is 0.400. The summed E-state index contributed by atoms with van der Waals surface area (Å²) in [6.45, 7) is 3.44. The molecule has 0 saturated carbocycles. The van der Waals surface area contributed by atoms with Gasteiger partial charge in [0.2, 0.25) is 17.6 Å². The molecule has 1 aromatic heterocycles. The summed E-state index contributed by atoms with van der Waals surface area (Å²) in [5, 5.41) is 7.05. The van der Waals surface area contributed by atoms with Crippen LogP contribution in [0.1, 0.15) is 31.1 Å². The van der Waals surface area contributed by atoms with E-state index in [1.54, 1.807) is 12.1 Å². The van der Waals surface area contributed by atoms with E-state index in [2.05, 4.69) is 44.4 Å². The Morgan fingerprint density at radius 2 is 2.09 bits per heavy atom. The van der Waals surface area contributed by atoms with E-state index < -0.39 is 0 Å². The van der Waals surface area contributed by atoms with Crippen LogP contribution >= 0.6 is 0 Å². The zero-order chi connectivity index (χ0) is 23.0. The second-order valence-electron chi connectivity index (χ2n) is 8.50. The van der Waals surface area contributed by atoms with Crippen LogP contribution in [0.25, 0.3) is 11.4 Å². The molecule has 4 rings (SSSR count). The molecule has 0 radical (unpaired) electrons. The highest BCUT2D eigenvalue weighted by molar-refractivity contribution is 5.78. The first-order valence-electron chi connectivity index (χ1n) is 11.4. The lowest BCUT2D eigenvalue weighted by molar-refractivity contribution is -0.122. The van der Waals surface area contributed by atoms with E-state index in [4.69, 9.17) is 4.52 Å². The van der Waals surface area contributed by atoms with Crippen molar-refractivity contribution in [2.75, 3.05) is 44.7 Å². The molecule has 1 N–H and O–H groups in total. The minimum atomic E-state index is -0.333. The van der Waals surface area contributed by atoms with Gasteiger partial charge in [-0.15, -0.1) is 0 Å². The smallest absolute Gasteiger partial charge is 0.234 e. The molecule has 1 unspecified atom stereocenters. The van der Waals surface area contributed by atoms with Crippen LogP contribution in [0.5, 0.6) is 0 Å². The molecule has 1 aliphatic rings. The van der Waals surface area contributed by atoms with Crippen molar-refractivity contribution in [2.24, 2.45) is 0 Å². The number of nitrogens with zero attached hydrogens (tertiary/aromatic N) is 4. The molecule has 0 aliphatic carbocycles. The third-order valence-electron chi connectivity index (χ3n) is 5.94. The fourth-order valence-electron chi connectivity index (χ4n) is 4.16. The van der Waals surface area contributed by atoms with Crippen LogP contribution in [0.4, 0.5) is 10.1 Å². The lowest BCUT2D eigenvalue weighted by atomic mass is 9.98. The Morgan fingerprint density at radius 3 is 2.91 bits per heavy atom. The van der Waals surface area contributed by atoms with Crippen molar-refractivity contribution in [1.82, 2.24) is 20.4 Å². The molecule has 7 nitrogen and oxygen atoms in total. The van der Waals surface area contributed by atoms with Gasteiger partial charge in [0.25, 0.3) is 0 Å². The van der Waals surface area contributed by atoms with Gasteiger partial charge in [-0.3, -0.25) is 9.69 Å². The van der Waals surface area contributed by atoms with Crippen LogP contribution in [0.3, 0.4) is 0 Å². The Kier molecular flexibility index (Phi) is 7.67. The lowest BCUT2D eigenvalue weighted by Gasteiger charge is -2.30. The van der Waals surface area contributed by atoms with Gasteiger partial charge in [0.1, 0.15) is 5.82 Å². The van der Waals surface area contributed by atoms with Crippen molar-refractivity contribution in [2.45, 2.75) is 25.2 Å². The maximum atomic E-state index is 13.5. The average Bonchev–Trinajstić information content (AvgIpc) is 3.33. The number of carbonyl (C=O) groups is 1. The monoisotopic (exact) mass is 451 g/mol. The van der Waals surface area contributed by atoms with E-state index in [1.807, 2.05) is 18.2 Å². The molecular weight excluding hydrogens is 421 g/mol. The zero-order valence-electron chi connectivity index (χ0n) is 18.9. The van der Waals surface area contributed by atoms with E-state index in [-0.39, 0.29) is 17.6 Å². The number of rotatable bonds is 9. The topological polar surface area (TPSA) is 74.5 Å². The molecule has 3 aromatic rings. The number of piperidine rings is 1. The van der Waals surface area contributed by atoms with Crippen molar-refractivity contribution >= 4 is 11.6 Å². The molecule has 0 bridgehead atoms. The van der Waals surface area contributed by atoms with Crippen molar-refractivity contribution in [3.63, 3.8) is 0 Å². The van der Waals surface area contributed by atoms with Crippen LogP contribution in [0.15, 0.2) is 59.1 Å². The summed E-state index contributed by atoms with van der Waals surface area (Å²) in [6, 6.07) is 16.4. The van der Waals surface area contributed by atoms with Gasteiger partial charge in [0, 0.05) is 37.9 Å². The van der Waals surface area contributed by atoms with Gasteiger partial charge < -0.3 is 14.7 Å². The summed E-state index contributed by atoms with van der Waals surface area (Å²) in [4.78, 5) is 21.2. The molecule has 1 amide bonds. The van der Waals surface area contributed by atoms with Gasteiger partial charge >= 0.3 is 0 Å². The van der Waals surface area contributed by atoms with E-state index in [1.165, 1.54) is 17.8 Å². The number of anilines is 1. The summed E-state index contributed by atoms with van der Waals surface area (Å²) >= 11 is 0. The van der Waals surface area contributed by atoms with E-state index >= 15 is 0 Å². The van der Waals surface area contributed by atoms with Crippen molar-refractivity contribution in [3.8, 4) is 11.4 Å². The molecule has 2 aromatic carbocycles. The highest BCUT2D eigenvalue weighted by atomic mass is 19.1. The number of hydrogen-bond acceptors (Lipinski definition) is 6. The number of hydrogen-bond donors (Lipinski definition) is 1. The van der Waals surface area contributed by atoms with Crippen molar-refractivity contribution < 1.29 is 13.7 Å². The standard InChI is InChI=1S/C25H30FN5O2/c1-30(22-11-3-2-4-12-22)14-7-13-27-23(32)18-31-15-6-9-20(17-31)25-28-24(29-33-25)19-8-5-10-21(26)16-19/h2-5,8,10-12,16,20H,6-7,9,13-15,17-18H2,1H3,(H,27,32). The number of para-hydroxylation sites is 1. The predicted octanol–water partition coefficient (Wildman–Crippen LogP) is 3.70. The fourth-order valence-corrected chi connectivity index (χ4v) is 4.16. The Hall–Kier alpha value is -3.26. The maximum Gasteiger partial charge on any atom is 0.234 e. The minimum Gasteiger partial charge on any atom is -0.375 e. The Balaban J connectivity index is 1.21. The first-order valence-corrected chi connectivity index (χ1v) is 11.4. The number of amides is 1. The SMILES string of the molecule is CN(CCCNC(=O)CN1CCCC(c2nc(-c3cccc(F)c3)no2)C1)c1ccccc1. The highest BCUT2D eigenvalue weighted by Gasteiger charge is 2.27. The molecule has 1 saturated heterocycles. The second-order valence-corrected chi connectivity index (χ2v) is 8.50.